The first-order valence-corrected chi connectivity index (χ1v) is 7.05. The molecule has 14 heavy (non-hydrogen) atoms. The standard InChI is InChI=1S/C9H15NO2S2/c1-5-14(11,12)9-8(6(2)3)10-7(4)13-9/h6H,5H2,1-4H3. The quantitative estimate of drug-likeness (QED) is 0.805. The highest BCUT2D eigenvalue weighted by molar-refractivity contribution is 7.93. The van der Waals surface area contributed by atoms with Crippen LogP contribution in [0.3, 0.4) is 0 Å². The molecular weight excluding hydrogens is 218 g/mol. The molecule has 0 unspecified atom stereocenters. The molecule has 1 rings (SSSR count). The van der Waals surface area contributed by atoms with Crippen LogP contribution in [-0.2, 0) is 9.84 Å². The lowest BCUT2D eigenvalue weighted by Crippen LogP contribution is -2.05. The molecule has 1 heterocycles. The third-order valence-corrected chi connectivity index (χ3v) is 5.26. The van der Waals surface area contributed by atoms with Gasteiger partial charge >= 0.3 is 0 Å². The van der Waals surface area contributed by atoms with E-state index in [-0.39, 0.29) is 11.7 Å². The second-order valence-electron chi connectivity index (χ2n) is 3.46. The highest BCUT2D eigenvalue weighted by Crippen LogP contribution is 2.29. The van der Waals surface area contributed by atoms with Gasteiger partial charge in [0, 0.05) is 0 Å². The predicted molar refractivity (Wildman–Crippen MR) is 58.7 cm³/mol. The molecule has 0 radical (unpaired) electrons. The maximum Gasteiger partial charge on any atom is 0.189 e. The predicted octanol–water partition coefficient (Wildman–Crippen LogP) is 2.37. The molecule has 0 saturated carbocycles. The van der Waals surface area contributed by atoms with Crippen molar-refractivity contribution in [3.8, 4) is 0 Å². The highest BCUT2D eigenvalue weighted by atomic mass is 32.2. The average molecular weight is 233 g/mol. The molecule has 80 valence electrons. The lowest BCUT2D eigenvalue weighted by Gasteiger charge is -2.04. The number of thiazole rings is 1. The van der Waals surface area contributed by atoms with Crippen LogP contribution >= 0.6 is 11.3 Å². The smallest absolute Gasteiger partial charge is 0.189 e. The van der Waals surface area contributed by atoms with E-state index in [0.29, 0.717) is 9.90 Å². The second kappa shape index (κ2) is 3.98. The Hall–Kier alpha value is -0.420. The molecule has 0 amide bonds. The Bertz CT molecular complexity index is 418. The number of rotatable bonds is 3. The fraction of sp³-hybridized carbons (Fsp3) is 0.667. The maximum absolute atomic E-state index is 11.7. The summed E-state index contributed by atoms with van der Waals surface area (Å²) in [6, 6.07) is 0. The molecule has 0 aliphatic heterocycles. The largest absolute Gasteiger partial charge is 0.245 e. The summed E-state index contributed by atoms with van der Waals surface area (Å²) in [6.07, 6.45) is 0. The minimum Gasteiger partial charge on any atom is -0.245 e. The molecular formula is C9H15NO2S2. The van der Waals surface area contributed by atoms with Crippen molar-refractivity contribution in [3.05, 3.63) is 10.7 Å². The lowest BCUT2D eigenvalue weighted by molar-refractivity contribution is 0.596. The third kappa shape index (κ3) is 2.15. The van der Waals surface area contributed by atoms with Gasteiger partial charge in [-0.05, 0) is 12.8 Å². The van der Waals surface area contributed by atoms with Crippen molar-refractivity contribution >= 4 is 21.2 Å². The Kier molecular flexibility index (Phi) is 3.32. The number of hydrogen-bond acceptors (Lipinski definition) is 4. The van der Waals surface area contributed by atoms with Gasteiger partial charge in [0.1, 0.15) is 4.21 Å². The molecule has 1 aromatic rings. The molecule has 5 heteroatoms. The van der Waals surface area contributed by atoms with Gasteiger partial charge in [-0.2, -0.15) is 0 Å². The highest BCUT2D eigenvalue weighted by Gasteiger charge is 2.22. The Morgan fingerprint density at radius 2 is 2.00 bits per heavy atom. The molecule has 0 N–H and O–H groups in total. The van der Waals surface area contributed by atoms with E-state index in [0.717, 1.165) is 5.01 Å². The monoisotopic (exact) mass is 233 g/mol. The third-order valence-electron chi connectivity index (χ3n) is 1.94. The Morgan fingerprint density at radius 3 is 2.43 bits per heavy atom. The van der Waals surface area contributed by atoms with Crippen molar-refractivity contribution in [1.29, 1.82) is 0 Å². The Labute approximate surface area is 89.1 Å². The van der Waals surface area contributed by atoms with Crippen LogP contribution in [0.1, 0.15) is 37.4 Å². The summed E-state index contributed by atoms with van der Waals surface area (Å²) in [4.78, 5) is 4.26. The van der Waals surface area contributed by atoms with E-state index in [2.05, 4.69) is 4.98 Å². The maximum atomic E-state index is 11.7. The summed E-state index contributed by atoms with van der Waals surface area (Å²) in [5.41, 5.74) is 0.717. The van der Waals surface area contributed by atoms with Crippen molar-refractivity contribution in [2.75, 3.05) is 5.75 Å². The van der Waals surface area contributed by atoms with Gasteiger partial charge in [-0.3, -0.25) is 0 Å². The van der Waals surface area contributed by atoms with E-state index in [9.17, 15) is 8.42 Å². The van der Waals surface area contributed by atoms with E-state index in [1.165, 1.54) is 11.3 Å². The summed E-state index contributed by atoms with van der Waals surface area (Å²) < 4.78 is 23.9. The van der Waals surface area contributed by atoms with Gasteiger partial charge in [0.05, 0.1) is 16.5 Å². The Morgan fingerprint density at radius 1 is 1.43 bits per heavy atom. The molecule has 0 aliphatic carbocycles. The summed E-state index contributed by atoms with van der Waals surface area (Å²) in [6.45, 7) is 7.42. The van der Waals surface area contributed by atoms with Crippen molar-refractivity contribution in [3.63, 3.8) is 0 Å². The van der Waals surface area contributed by atoms with Gasteiger partial charge in [0.25, 0.3) is 0 Å². The second-order valence-corrected chi connectivity index (χ2v) is 7.14. The van der Waals surface area contributed by atoms with Crippen LogP contribution in [0.5, 0.6) is 0 Å². The van der Waals surface area contributed by atoms with Gasteiger partial charge in [-0.15, -0.1) is 11.3 Å². The first kappa shape index (κ1) is 11.7. The zero-order valence-electron chi connectivity index (χ0n) is 8.86. The first-order chi connectivity index (χ1) is 6.38. The van der Waals surface area contributed by atoms with Gasteiger partial charge in [-0.25, -0.2) is 13.4 Å². The number of hydrogen-bond donors (Lipinski definition) is 0. The van der Waals surface area contributed by atoms with Crippen molar-refractivity contribution < 1.29 is 8.42 Å². The van der Waals surface area contributed by atoms with E-state index < -0.39 is 9.84 Å². The van der Waals surface area contributed by atoms with E-state index in [1.54, 1.807) is 6.92 Å². The van der Waals surface area contributed by atoms with Crippen LogP contribution < -0.4 is 0 Å². The fourth-order valence-electron chi connectivity index (χ4n) is 1.14. The average Bonchev–Trinajstić information content (AvgIpc) is 2.48. The molecule has 0 bridgehead atoms. The SMILES string of the molecule is CCS(=O)(=O)c1sc(C)nc1C(C)C. The number of aryl methyl sites for hydroxylation is 1. The molecule has 0 saturated heterocycles. The van der Waals surface area contributed by atoms with Crippen molar-refractivity contribution in [2.24, 2.45) is 0 Å². The number of aromatic nitrogens is 1. The van der Waals surface area contributed by atoms with E-state index in [4.69, 9.17) is 0 Å². The Balaban J connectivity index is 3.34. The van der Waals surface area contributed by atoms with Crippen molar-refractivity contribution in [2.45, 2.75) is 37.8 Å². The number of nitrogens with zero attached hydrogens (tertiary/aromatic N) is 1. The lowest BCUT2D eigenvalue weighted by atomic mass is 10.2. The molecule has 0 fully saturated rings. The summed E-state index contributed by atoms with van der Waals surface area (Å²) >= 11 is 1.28. The number of sulfone groups is 1. The van der Waals surface area contributed by atoms with Gasteiger partial charge in [0.2, 0.25) is 0 Å². The summed E-state index contributed by atoms with van der Waals surface area (Å²) in [7, 11) is -3.10. The van der Waals surface area contributed by atoms with Crippen LogP contribution in [0.2, 0.25) is 0 Å². The van der Waals surface area contributed by atoms with E-state index in [1.807, 2.05) is 20.8 Å². The molecule has 3 nitrogen and oxygen atoms in total. The molecule has 0 atom stereocenters. The summed E-state index contributed by atoms with van der Waals surface area (Å²) in [5, 5.41) is 0.820. The fourth-order valence-corrected chi connectivity index (χ4v) is 4.03. The van der Waals surface area contributed by atoms with Crippen molar-refractivity contribution in [1.82, 2.24) is 4.98 Å². The normalized spacial score (nSPS) is 12.4. The zero-order valence-corrected chi connectivity index (χ0v) is 10.5. The zero-order chi connectivity index (χ0) is 10.9. The summed E-state index contributed by atoms with van der Waals surface area (Å²) in [5.74, 6) is 0.310. The minimum atomic E-state index is -3.10. The van der Waals surface area contributed by atoms with Gasteiger partial charge < -0.3 is 0 Å². The molecule has 1 aromatic heterocycles. The topological polar surface area (TPSA) is 47.0 Å². The van der Waals surface area contributed by atoms with Gasteiger partial charge in [-0.1, -0.05) is 20.8 Å². The van der Waals surface area contributed by atoms with E-state index >= 15 is 0 Å². The minimum absolute atomic E-state index is 0.147. The van der Waals surface area contributed by atoms with Crippen LogP contribution in [0.4, 0.5) is 0 Å². The van der Waals surface area contributed by atoms with Gasteiger partial charge in [0.15, 0.2) is 9.84 Å². The molecule has 0 aliphatic rings. The van der Waals surface area contributed by atoms with Crippen LogP contribution in [0, 0.1) is 6.92 Å². The van der Waals surface area contributed by atoms with Crippen LogP contribution in [-0.4, -0.2) is 19.2 Å². The van der Waals surface area contributed by atoms with Crippen LogP contribution in [0.15, 0.2) is 4.21 Å². The molecule has 0 aromatic carbocycles. The first-order valence-electron chi connectivity index (χ1n) is 4.58. The van der Waals surface area contributed by atoms with Crippen LogP contribution in [0.25, 0.3) is 0 Å². The molecule has 0 spiro atoms.